The largest absolute Gasteiger partial charge is 0.467 e. The number of halogens is 2. The molecule has 7 heteroatoms. The zero-order valence-corrected chi connectivity index (χ0v) is 11.7. The Morgan fingerprint density at radius 2 is 2.44 bits per heavy atom. The van der Waals surface area contributed by atoms with E-state index in [-0.39, 0.29) is 19.3 Å². The van der Waals surface area contributed by atoms with Crippen molar-refractivity contribution in [3.05, 3.63) is 19.8 Å². The quantitative estimate of drug-likeness (QED) is 0.843. The van der Waals surface area contributed by atoms with Crippen LogP contribution in [0.2, 0.25) is 5.02 Å². The third-order valence-corrected chi connectivity index (χ3v) is 4.38. The predicted molar refractivity (Wildman–Crippen MR) is 66.8 cm³/mol. The topological polar surface area (TPSA) is 61.5 Å². The minimum Gasteiger partial charge on any atom is -0.467 e. The second-order valence-electron chi connectivity index (χ2n) is 2.97. The molecule has 0 fully saturated rings. The Kier molecular flexibility index (Phi) is 5.71. The minimum atomic E-state index is -0.419. The average molecular weight is 329 g/mol. The van der Waals surface area contributed by atoms with E-state index in [2.05, 4.69) is 20.7 Å². The summed E-state index contributed by atoms with van der Waals surface area (Å²) in [6.45, 7) is 0.156. The standard InChI is InChI=1S/C9H11BrClNO3S/c1-14-8(13)4-15-3-6(12)7-2-5(11)9(10)16-7/h2,6H,3-4,12H2,1H3. The maximum absolute atomic E-state index is 10.8. The number of hydrogen-bond acceptors (Lipinski definition) is 5. The van der Waals surface area contributed by atoms with Gasteiger partial charge in [-0.1, -0.05) is 11.6 Å². The lowest BCUT2D eigenvalue weighted by Gasteiger charge is -2.09. The predicted octanol–water partition coefficient (Wildman–Crippen LogP) is 2.35. The fraction of sp³-hybridized carbons (Fsp3) is 0.444. The second-order valence-corrected chi connectivity index (χ2v) is 5.78. The fourth-order valence-electron chi connectivity index (χ4n) is 0.956. The lowest BCUT2D eigenvalue weighted by Crippen LogP contribution is -2.19. The van der Waals surface area contributed by atoms with Crippen LogP contribution in [0.5, 0.6) is 0 Å². The molecule has 4 nitrogen and oxygen atoms in total. The highest BCUT2D eigenvalue weighted by Crippen LogP contribution is 2.34. The van der Waals surface area contributed by atoms with Crippen molar-refractivity contribution in [2.75, 3.05) is 20.3 Å². The Morgan fingerprint density at radius 3 is 2.94 bits per heavy atom. The number of nitrogens with two attached hydrogens (primary N) is 1. The molecule has 0 aliphatic rings. The molecule has 90 valence electrons. The zero-order valence-electron chi connectivity index (χ0n) is 8.54. The highest BCUT2D eigenvalue weighted by Gasteiger charge is 2.13. The van der Waals surface area contributed by atoms with Crippen LogP contribution < -0.4 is 5.73 Å². The minimum absolute atomic E-state index is 0.0928. The highest BCUT2D eigenvalue weighted by atomic mass is 79.9. The highest BCUT2D eigenvalue weighted by molar-refractivity contribution is 9.11. The molecule has 0 saturated carbocycles. The molecular weight excluding hydrogens is 318 g/mol. The number of thiophene rings is 1. The SMILES string of the molecule is COC(=O)COCC(N)c1cc(Cl)c(Br)s1. The van der Waals surface area contributed by atoms with Gasteiger partial charge in [-0.05, 0) is 22.0 Å². The third-order valence-electron chi connectivity index (χ3n) is 1.77. The van der Waals surface area contributed by atoms with Crippen molar-refractivity contribution in [3.8, 4) is 0 Å². The summed E-state index contributed by atoms with van der Waals surface area (Å²) < 4.78 is 10.4. The number of ether oxygens (including phenoxy) is 2. The Hall–Kier alpha value is -0.140. The van der Waals surface area contributed by atoms with Crippen molar-refractivity contribution in [1.82, 2.24) is 0 Å². The molecule has 0 aliphatic heterocycles. The number of methoxy groups -OCH3 is 1. The number of rotatable bonds is 5. The lowest BCUT2D eigenvalue weighted by molar-refractivity contribution is -0.146. The van der Waals surface area contributed by atoms with Gasteiger partial charge < -0.3 is 15.2 Å². The van der Waals surface area contributed by atoms with E-state index in [1.807, 2.05) is 0 Å². The molecule has 1 unspecified atom stereocenters. The van der Waals surface area contributed by atoms with Crippen molar-refractivity contribution in [2.45, 2.75) is 6.04 Å². The molecule has 1 aromatic rings. The van der Waals surface area contributed by atoms with Crippen LogP contribution in [0.4, 0.5) is 0 Å². The van der Waals surface area contributed by atoms with E-state index in [4.69, 9.17) is 22.1 Å². The van der Waals surface area contributed by atoms with Gasteiger partial charge in [-0.15, -0.1) is 11.3 Å². The van der Waals surface area contributed by atoms with E-state index in [0.29, 0.717) is 5.02 Å². The molecular formula is C9H11BrClNO3S. The van der Waals surface area contributed by atoms with Gasteiger partial charge in [-0.3, -0.25) is 0 Å². The first-order chi connectivity index (χ1) is 7.54. The summed E-state index contributed by atoms with van der Waals surface area (Å²) in [7, 11) is 1.31. The molecule has 1 aromatic heterocycles. The Labute approximate surface area is 111 Å². The van der Waals surface area contributed by atoms with E-state index in [1.165, 1.54) is 18.4 Å². The molecule has 1 atom stereocenters. The molecule has 1 rings (SSSR count). The summed E-state index contributed by atoms with van der Waals surface area (Å²) in [5.41, 5.74) is 5.86. The molecule has 0 spiro atoms. The second kappa shape index (κ2) is 6.56. The van der Waals surface area contributed by atoms with Crippen LogP contribution in [0.1, 0.15) is 10.9 Å². The number of esters is 1. The van der Waals surface area contributed by atoms with E-state index >= 15 is 0 Å². The molecule has 0 amide bonds. The summed E-state index contributed by atoms with van der Waals surface area (Å²) in [4.78, 5) is 11.7. The van der Waals surface area contributed by atoms with Crippen molar-refractivity contribution < 1.29 is 14.3 Å². The molecule has 2 N–H and O–H groups in total. The van der Waals surface area contributed by atoms with Crippen molar-refractivity contribution in [1.29, 1.82) is 0 Å². The van der Waals surface area contributed by atoms with E-state index in [1.54, 1.807) is 6.07 Å². The molecule has 0 saturated heterocycles. The van der Waals surface area contributed by atoms with Crippen LogP contribution >= 0.6 is 38.9 Å². The fourth-order valence-corrected chi connectivity index (χ4v) is 2.69. The summed E-state index contributed by atoms with van der Waals surface area (Å²) in [5.74, 6) is -0.419. The van der Waals surface area contributed by atoms with Crippen LogP contribution in [0, 0.1) is 0 Å². The summed E-state index contributed by atoms with van der Waals surface area (Å²) in [6.07, 6.45) is 0. The maximum Gasteiger partial charge on any atom is 0.331 e. The van der Waals surface area contributed by atoms with Gasteiger partial charge in [0.1, 0.15) is 6.61 Å². The zero-order chi connectivity index (χ0) is 12.1. The van der Waals surface area contributed by atoms with Gasteiger partial charge in [0.15, 0.2) is 0 Å². The van der Waals surface area contributed by atoms with Gasteiger partial charge in [0.2, 0.25) is 0 Å². The third kappa shape index (κ3) is 4.03. The van der Waals surface area contributed by atoms with Gasteiger partial charge in [0.25, 0.3) is 0 Å². The van der Waals surface area contributed by atoms with Crippen molar-refractivity contribution in [2.24, 2.45) is 5.73 Å². The van der Waals surface area contributed by atoms with Gasteiger partial charge in [-0.2, -0.15) is 0 Å². The van der Waals surface area contributed by atoms with Crippen LogP contribution in [0.15, 0.2) is 9.85 Å². The first-order valence-corrected chi connectivity index (χ1v) is 6.38. The van der Waals surface area contributed by atoms with Gasteiger partial charge >= 0.3 is 5.97 Å². The monoisotopic (exact) mass is 327 g/mol. The van der Waals surface area contributed by atoms with Crippen molar-refractivity contribution in [3.63, 3.8) is 0 Å². The molecule has 0 aliphatic carbocycles. The lowest BCUT2D eigenvalue weighted by atomic mass is 10.3. The van der Waals surface area contributed by atoms with Gasteiger partial charge in [-0.25, -0.2) is 4.79 Å². The summed E-state index contributed by atoms with van der Waals surface area (Å²) in [6, 6.07) is 1.49. The van der Waals surface area contributed by atoms with Gasteiger partial charge in [0, 0.05) is 4.88 Å². The average Bonchev–Trinajstić information content (AvgIpc) is 2.59. The normalized spacial score (nSPS) is 12.5. The van der Waals surface area contributed by atoms with Crippen LogP contribution in [0.3, 0.4) is 0 Å². The smallest absolute Gasteiger partial charge is 0.331 e. The Balaban J connectivity index is 2.40. The van der Waals surface area contributed by atoms with Gasteiger partial charge in [0.05, 0.1) is 28.6 Å². The van der Waals surface area contributed by atoms with E-state index in [0.717, 1.165) is 8.66 Å². The maximum atomic E-state index is 10.8. The molecule has 0 aromatic carbocycles. The Bertz CT molecular complexity index is 352. The number of carbonyl (C=O) groups excluding carboxylic acids is 1. The van der Waals surface area contributed by atoms with Crippen molar-refractivity contribution >= 4 is 44.8 Å². The Morgan fingerprint density at radius 1 is 1.75 bits per heavy atom. The molecule has 0 radical (unpaired) electrons. The van der Waals surface area contributed by atoms with Crippen LogP contribution in [0.25, 0.3) is 0 Å². The number of carbonyl (C=O) groups is 1. The first kappa shape index (κ1) is 13.9. The molecule has 1 heterocycles. The molecule has 16 heavy (non-hydrogen) atoms. The number of hydrogen-bond donors (Lipinski definition) is 1. The summed E-state index contributed by atoms with van der Waals surface area (Å²) in [5, 5.41) is 0.628. The molecule has 0 bridgehead atoms. The van der Waals surface area contributed by atoms with E-state index in [9.17, 15) is 4.79 Å². The summed E-state index contributed by atoms with van der Waals surface area (Å²) >= 11 is 10.6. The van der Waals surface area contributed by atoms with E-state index < -0.39 is 5.97 Å². The van der Waals surface area contributed by atoms with Crippen LogP contribution in [-0.4, -0.2) is 26.3 Å². The van der Waals surface area contributed by atoms with Crippen LogP contribution in [-0.2, 0) is 14.3 Å². The first-order valence-electron chi connectivity index (χ1n) is 4.39.